The van der Waals surface area contributed by atoms with E-state index in [0.29, 0.717) is 5.41 Å². The number of benzene rings is 2. The van der Waals surface area contributed by atoms with Gasteiger partial charge in [-0.1, -0.05) is 79.6 Å². The fraction of sp³-hybridized carbons (Fsp3) is 0.417. The molecule has 1 aliphatic carbocycles. The van der Waals surface area contributed by atoms with Gasteiger partial charge in [-0.25, -0.2) is 0 Å². The summed E-state index contributed by atoms with van der Waals surface area (Å²) in [7, 11) is 0. The number of allylic oxidation sites excluding steroid dienone is 1. The van der Waals surface area contributed by atoms with E-state index in [-0.39, 0.29) is 0 Å². The van der Waals surface area contributed by atoms with Crippen molar-refractivity contribution in [3.63, 3.8) is 0 Å². The molecular formula is C24H29N. The van der Waals surface area contributed by atoms with E-state index in [1.807, 2.05) is 0 Å². The van der Waals surface area contributed by atoms with Gasteiger partial charge in [0.1, 0.15) is 0 Å². The fourth-order valence-corrected chi connectivity index (χ4v) is 4.70. The van der Waals surface area contributed by atoms with Crippen molar-refractivity contribution in [2.45, 2.75) is 33.6 Å². The van der Waals surface area contributed by atoms with Crippen LogP contribution in [0.4, 0.5) is 0 Å². The first-order valence-electron chi connectivity index (χ1n) is 9.62. The highest BCUT2D eigenvalue weighted by molar-refractivity contribution is 5.83. The maximum Gasteiger partial charge on any atom is 0.00568 e. The smallest absolute Gasteiger partial charge is 0.00568 e. The van der Waals surface area contributed by atoms with Crippen molar-refractivity contribution >= 4 is 5.57 Å². The van der Waals surface area contributed by atoms with Crippen LogP contribution in [0.3, 0.4) is 0 Å². The predicted octanol–water partition coefficient (Wildman–Crippen LogP) is 5.55. The Kier molecular flexibility index (Phi) is 4.29. The summed E-state index contributed by atoms with van der Waals surface area (Å²) in [6, 6.07) is 20.0. The van der Waals surface area contributed by atoms with Gasteiger partial charge in [0.15, 0.2) is 0 Å². The molecule has 0 radical (unpaired) electrons. The summed E-state index contributed by atoms with van der Waals surface area (Å²) in [6.07, 6.45) is 2.55. The fourth-order valence-electron chi connectivity index (χ4n) is 4.70. The monoisotopic (exact) mass is 331 g/mol. The summed E-state index contributed by atoms with van der Waals surface area (Å²) in [6.45, 7) is 10.7. The van der Waals surface area contributed by atoms with Gasteiger partial charge in [-0.2, -0.15) is 0 Å². The minimum absolute atomic E-state index is 0.578. The second-order valence-electron chi connectivity index (χ2n) is 8.63. The number of nitrogens with zero attached hydrogens (tertiary/aromatic N) is 1. The van der Waals surface area contributed by atoms with Crippen molar-refractivity contribution in [2.75, 3.05) is 19.6 Å². The Balaban J connectivity index is 1.58. The molecule has 0 N–H and O–H groups in total. The lowest BCUT2D eigenvalue weighted by atomic mass is 9.59. The van der Waals surface area contributed by atoms with Crippen molar-refractivity contribution in [1.29, 1.82) is 0 Å². The summed E-state index contributed by atoms with van der Waals surface area (Å²) in [4.78, 5) is 2.63. The van der Waals surface area contributed by atoms with E-state index in [9.17, 15) is 0 Å². The van der Waals surface area contributed by atoms with E-state index in [4.69, 9.17) is 0 Å². The maximum absolute atomic E-state index is 2.63. The van der Waals surface area contributed by atoms with Crippen LogP contribution in [0, 0.1) is 18.3 Å². The Morgan fingerprint density at radius 3 is 2.12 bits per heavy atom. The SMILES string of the molecule is Cc1ccc(C(=C2CC3(C2)CN(CC(C)C)C3)c2ccccc2)cc1. The van der Waals surface area contributed by atoms with E-state index in [0.717, 1.165) is 5.92 Å². The first kappa shape index (κ1) is 16.6. The normalized spacial score (nSPS) is 19.0. The highest BCUT2D eigenvalue weighted by Gasteiger charge is 2.50. The van der Waals surface area contributed by atoms with E-state index in [2.05, 4.69) is 80.3 Å². The molecule has 4 rings (SSSR count). The lowest BCUT2D eigenvalue weighted by molar-refractivity contribution is -0.0356. The molecule has 2 aromatic carbocycles. The highest BCUT2D eigenvalue weighted by atomic mass is 15.2. The Morgan fingerprint density at radius 2 is 1.52 bits per heavy atom. The lowest BCUT2D eigenvalue weighted by Crippen LogP contribution is -2.61. The first-order chi connectivity index (χ1) is 12.0. The summed E-state index contributed by atoms with van der Waals surface area (Å²) >= 11 is 0. The molecule has 130 valence electrons. The van der Waals surface area contributed by atoms with Crippen LogP contribution in [0.15, 0.2) is 60.2 Å². The number of rotatable bonds is 4. The van der Waals surface area contributed by atoms with E-state index in [1.165, 1.54) is 54.7 Å². The molecule has 0 bridgehead atoms. The topological polar surface area (TPSA) is 3.24 Å². The minimum Gasteiger partial charge on any atom is -0.302 e. The van der Waals surface area contributed by atoms with Gasteiger partial charge in [0, 0.05) is 25.0 Å². The quantitative estimate of drug-likeness (QED) is 0.710. The predicted molar refractivity (Wildman–Crippen MR) is 107 cm³/mol. The van der Waals surface area contributed by atoms with Gasteiger partial charge < -0.3 is 4.90 Å². The van der Waals surface area contributed by atoms with Gasteiger partial charge in [0.2, 0.25) is 0 Å². The second kappa shape index (κ2) is 6.46. The zero-order chi connectivity index (χ0) is 17.4. The summed E-state index contributed by atoms with van der Waals surface area (Å²) in [5.74, 6) is 0.778. The van der Waals surface area contributed by atoms with Crippen LogP contribution < -0.4 is 0 Å². The van der Waals surface area contributed by atoms with E-state index in [1.54, 1.807) is 5.57 Å². The number of hydrogen-bond donors (Lipinski definition) is 0. The van der Waals surface area contributed by atoms with Crippen molar-refractivity contribution in [1.82, 2.24) is 4.90 Å². The van der Waals surface area contributed by atoms with Crippen LogP contribution in [-0.2, 0) is 0 Å². The van der Waals surface area contributed by atoms with Crippen molar-refractivity contribution < 1.29 is 0 Å². The van der Waals surface area contributed by atoms with Gasteiger partial charge in [0.25, 0.3) is 0 Å². The Hall–Kier alpha value is -1.86. The van der Waals surface area contributed by atoms with Crippen molar-refractivity contribution in [3.05, 3.63) is 76.9 Å². The molecule has 0 aromatic heterocycles. The molecule has 1 heterocycles. The third-order valence-corrected chi connectivity index (χ3v) is 5.67. The summed E-state index contributed by atoms with van der Waals surface area (Å²) in [5.41, 5.74) is 7.78. The molecule has 1 saturated heterocycles. The molecule has 0 unspecified atom stereocenters. The molecule has 1 aliphatic heterocycles. The number of likely N-dealkylation sites (tertiary alicyclic amines) is 1. The molecule has 1 spiro atoms. The van der Waals surface area contributed by atoms with Gasteiger partial charge >= 0.3 is 0 Å². The van der Waals surface area contributed by atoms with Crippen LogP contribution in [0.1, 0.15) is 43.4 Å². The third kappa shape index (κ3) is 3.30. The van der Waals surface area contributed by atoms with Gasteiger partial charge in [-0.3, -0.25) is 0 Å². The van der Waals surface area contributed by atoms with Crippen LogP contribution in [-0.4, -0.2) is 24.5 Å². The standard InChI is InChI=1S/C24H29N/c1-18(2)15-25-16-24(17-25)13-22(14-24)23(20-7-5-4-6-8-20)21-11-9-19(3)10-12-21/h4-12,18H,13-17H2,1-3H3. The molecule has 0 atom stereocenters. The van der Waals surface area contributed by atoms with Crippen LogP contribution in [0.25, 0.3) is 5.57 Å². The van der Waals surface area contributed by atoms with Gasteiger partial charge in [-0.15, -0.1) is 0 Å². The molecule has 1 nitrogen and oxygen atoms in total. The van der Waals surface area contributed by atoms with E-state index < -0.39 is 0 Å². The molecule has 2 fully saturated rings. The van der Waals surface area contributed by atoms with E-state index >= 15 is 0 Å². The summed E-state index contributed by atoms with van der Waals surface area (Å²) < 4.78 is 0. The van der Waals surface area contributed by atoms with Gasteiger partial charge in [-0.05, 0) is 42.4 Å². The molecule has 2 aliphatic rings. The van der Waals surface area contributed by atoms with Crippen molar-refractivity contribution in [3.8, 4) is 0 Å². The van der Waals surface area contributed by atoms with Crippen LogP contribution >= 0.6 is 0 Å². The largest absolute Gasteiger partial charge is 0.302 e. The Bertz CT molecular complexity index is 752. The zero-order valence-corrected chi connectivity index (χ0v) is 15.8. The molecule has 2 aromatic rings. The first-order valence-corrected chi connectivity index (χ1v) is 9.62. The Morgan fingerprint density at radius 1 is 0.920 bits per heavy atom. The van der Waals surface area contributed by atoms with Crippen LogP contribution in [0.2, 0.25) is 0 Å². The minimum atomic E-state index is 0.578. The molecule has 1 saturated carbocycles. The number of aryl methyl sites for hydroxylation is 1. The zero-order valence-electron chi connectivity index (χ0n) is 15.8. The molecule has 25 heavy (non-hydrogen) atoms. The molecule has 1 heteroatoms. The van der Waals surface area contributed by atoms with Crippen molar-refractivity contribution in [2.24, 2.45) is 11.3 Å². The van der Waals surface area contributed by atoms with Gasteiger partial charge in [0.05, 0.1) is 0 Å². The highest BCUT2D eigenvalue weighted by Crippen LogP contribution is 2.54. The lowest BCUT2D eigenvalue weighted by Gasteiger charge is -2.58. The average Bonchev–Trinajstić information content (AvgIpc) is 2.53. The maximum atomic E-state index is 2.63. The Labute approximate surface area is 152 Å². The molecule has 0 amide bonds. The second-order valence-corrected chi connectivity index (χ2v) is 8.63. The summed E-state index contributed by atoms with van der Waals surface area (Å²) in [5, 5.41) is 0. The molecular weight excluding hydrogens is 302 g/mol. The van der Waals surface area contributed by atoms with Crippen LogP contribution in [0.5, 0.6) is 0 Å². The average molecular weight is 332 g/mol. The number of hydrogen-bond acceptors (Lipinski definition) is 1. The third-order valence-electron chi connectivity index (χ3n) is 5.67.